The molecule has 0 bridgehead atoms. The van der Waals surface area contributed by atoms with Crippen molar-refractivity contribution in [3.8, 4) is 0 Å². The highest BCUT2D eigenvalue weighted by Crippen LogP contribution is 2.24. The molecule has 0 aromatic carbocycles. The molecule has 0 aliphatic carbocycles. The van der Waals surface area contributed by atoms with Crippen molar-refractivity contribution in [3.05, 3.63) is 0 Å². The summed E-state index contributed by atoms with van der Waals surface area (Å²) in [6.07, 6.45) is 4.83. The first-order valence-electron chi connectivity index (χ1n) is 7.60. The predicted molar refractivity (Wildman–Crippen MR) is 76.5 cm³/mol. The molecular weight excluding hydrogens is 224 g/mol. The van der Waals surface area contributed by atoms with E-state index in [1.165, 1.54) is 19.3 Å². The molecule has 3 nitrogen and oxygen atoms in total. The molecule has 1 rings (SSSR count). The first kappa shape index (κ1) is 15.5. The Kier molecular flexibility index (Phi) is 6.69. The van der Waals surface area contributed by atoms with Gasteiger partial charge in [-0.2, -0.15) is 0 Å². The molecule has 2 unspecified atom stereocenters. The van der Waals surface area contributed by atoms with Crippen molar-refractivity contribution in [2.75, 3.05) is 19.6 Å². The standard InChI is InChI=1S/C15H30N2O/c1-5-17(6-2)15(18)14-11-13(9-10-16-14)8-7-12(3)4/h12-14,16H,5-11H2,1-4H3. The molecule has 3 heteroatoms. The summed E-state index contributed by atoms with van der Waals surface area (Å²) in [5.41, 5.74) is 0. The van der Waals surface area contributed by atoms with Crippen LogP contribution in [0.1, 0.15) is 53.4 Å². The molecule has 1 heterocycles. The highest BCUT2D eigenvalue weighted by Gasteiger charge is 2.28. The van der Waals surface area contributed by atoms with Crippen LogP contribution < -0.4 is 5.32 Å². The highest BCUT2D eigenvalue weighted by molar-refractivity contribution is 5.82. The molecule has 0 aromatic heterocycles. The number of hydrogen-bond acceptors (Lipinski definition) is 2. The lowest BCUT2D eigenvalue weighted by Crippen LogP contribution is -2.50. The molecule has 2 atom stereocenters. The van der Waals surface area contributed by atoms with E-state index >= 15 is 0 Å². The van der Waals surface area contributed by atoms with Crippen LogP contribution >= 0.6 is 0 Å². The third-order valence-electron chi connectivity index (χ3n) is 4.04. The van der Waals surface area contributed by atoms with E-state index < -0.39 is 0 Å². The SMILES string of the molecule is CCN(CC)C(=O)C1CC(CCC(C)C)CCN1. The lowest BCUT2D eigenvalue weighted by Gasteiger charge is -2.33. The zero-order valence-corrected chi connectivity index (χ0v) is 12.5. The van der Waals surface area contributed by atoms with Crippen molar-refractivity contribution in [2.45, 2.75) is 59.4 Å². The van der Waals surface area contributed by atoms with Gasteiger partial charge < -0.3 is 10.2 Å². The number of rotatable bonds is 6. The largest absolute Gasteiger partial charge is 0.342 e. The molecule has 0 spiro atoms. The molecule has 1 aliphatic heterocycles. The normalized spacial score (nSPS) is 24.3. The average Bonchev–Trinajstić information content (AvgIpc) is 2.38. The van der Waals surface area contributed by atoms with Crippen LogP contribution in [0.2, 0.25) is 0 Å². The number of hydrogen-bond donors (Lipinski definition) is 1. The maximum atomic E-state index is 12.3. The number of piperidine rings is 1. The van der Waals surface area contributed by atoms with Gasteiger partial charge >= 0.3 is 0 Å². The summed E-state index contributed by atoms with van der Waals surface area (Å²) < 4.78 is 0. The maximum Gasteiger partial charge on any atom is 0.239 e. The van der Waals surface area contributed by atoms with Crippen LogP contribution in [0.3, 0.4) is 0 Å². The topological polar surface area (TPSA) is 32.3 Å². The van der Waals surface area contributed by atoms with E-state index in [1.807, 2.05) is 4.90 Å². The van der Waals surface area contributed by atoms with Crippen molar-refractivity contribution in [1.29, 1.82) is 0 Å². The van der Waals surface area contributed by atoms with Gasteiger partial charge in [-0.25, -0.2) is 0 Å². The van der Waals surface area contributed by atoms with Gasteiger partial charge in [-0.1, -0.05) is 26.7 Å². The van der Waals surface area contributed by atoms with Gasteiger partial charge in [-0.3, -0.25) is 4.79 Å². The van der Waals surface area contributed by atoms with Gasteiger partial charge in [0.25, 0.3) is 0 Å². The molecular formula is C15H30N2O. The fourth-order valence-electron chi connectivity index (χ4n) is 2.77. The lowest BCUT2D eigenvalue weighted by atomic mass is 9.86. The van der Waals surface area contributed by atoms with Gasteiger partial charge in [-0.05, 0) is 45.1 Å². The fourth-order valence-corrected chi connectivity index (χ4v) is 2.77. The third kappa shape index (κ3) is 4.60. The molecule has 1 fully saturated rings. The Bertz CT molecular complexity index is 249. The van der Waals surface area contributed by atoms with Crippen molar-refractivity contribution >= 4 is 5.91 Å². The summed E-state index contributed by atoms with van der Waals surface area (Å²) in [7, 11) is 0. The van der Waals surface area contributed by atoms with Gasteiger partial charge in [0.15, 0.2) is 0 Å². The number of carbonyl (C=O) groups excluding carboxylic acids is 1. The van der Waals surface area contributed by atoms with E-state index in [0.717, 1.165) is 37.9 Å². The zero-order chi connectivity index (χ0) is 13.5. The molecule has 18 heavy (non-hydrogen) atoms. The van der Waals surface area contributed by atoms with Crippen LogP contribution in [0.4, 0.5) is 0 Å². The minimum atomic E-state index is 0.0656. The fraction of sp³-hybridized carbons (Fsp3) is 0.933. The summed E-state index contributed by atoms with van der Waals surface area (Å²) >= 11 is 0. The summed E-state index contributed by atoms with van der Waals surface area (Å²) in [6, 6.07) is 0.0656. The minimum absolute atomic E-state index is 0.0656. The summed E-state index contributed by atoms with van der Waals surface area (Å²) in [6.45, 7) is 11.3. The van der Waals surface area contributed by atoms with Crippen LogP contribution in [0.5, 0.6) is 0 Å². The lowest BCUT2D eigenvalue weighted by molar-refractivity contribution is -0.134. The quantitative estimate of drug-likeness (QED) is 0.790. The van der Waals surface area contributed by atoms with Crippen LogP contribution in [0, 0.1) is 11.8 Å². The first-order chi connectivity index (χ1) is 8.58. The van der Waals surface area contributed by atoms with E-state index in [4.69, 9.17) is 0 Å². The molecule has 0 aromatic rings. The molecule has 1 N–H and O–H groups in total. The third-order valence-corrected chi connectivity index (χ3v) is 4.04. The Morgan fingerprint density at radius 1 is 1.33 bits per heavy atom. The second-order valence-corrected chi connectivity index (χ2v) is 5.88. The van der Waals surface area contributed by atoms with Gasteiger partial charge in [0, 0.05) is 13.1 Å². The molecule has 1 amide bonds. The molecule has 0 saturated carbocycles. The van der Waals surface area contributed by atoms with E-state index in [9.17, 15) is 4.79 Å². The van der Waals surface area contributed by atoms with E-state index in [2.05, 4.69) is 33.0 Å². The smallest absolute Gasteiger partial charge is 0.239 e. The molecule has 0 radical (unpaired) electrons. The molecule has 106 valence electrons. The van der Waals surface area contributed by atoms with Gasteiger partial charge in [0.2, 0.25) is 5.91 Å². The second-order valence-electron chi connectivity index (χ2n) is 5.88. The Labute approximate surface area is 112 Å². The van der Waals surface area contributed by atoms with Gasteiger partial charge in [0.05, 0.1) is 6.04 Å². The molecule has 1 saturated heterocycles. The Hall–Kier alpha value is -0.570. The van der Waals surface area contributed by atoms with Crippen molar-refractivity contribution in [2.24, 2.45) is 11.8 Å². The van der Waals surface area contributed by atoms with Crippen LogP contribution in [0.15, 0.2) is 0 Å². The summed E-state index contributed by atoms with van der Waals surface area (Å²) in [5, 5.41) is 3.39. The highest BCUT2D eigenvalue weighted by atomic mass is 16.2. The number of likely N-dealkylation sites (N-methyl/N-ethyl adjacent to an activating group) is 1. The maximum absolute atomic E-state index is 12.3. The van der Waals surface area contributed by atoms with Gasteiger partial charge in [0.1, 0.15) is 0 Å². The van der Waals surface area contributed by atoms with E-state index in [1.54, 1.807) is 0 Å². The number of nitrogens with one attached hydrogen (secondary N) is 1. The van der Waals surface area contributed by atoms with Crippen molar-refractivity contribution < 1.29 is 4.79 Å². The van der Waals surface area contributed by atoms with Crippen LogP contribution in [-0.2, 0) is 4.79 Å². The van der Waals surface area contributed by atoms with E-state index in [-0.39, 0.29) is 6.04 Å². The first-order valence-corrected chi connectivity index (χ1v) is 7.60. The summed E-state index contributed by atoms with van der Waals surface area (Å²) in [5.74, 6) is 1.81. The average molecular weight is 254 g/mol. The van der Waals surface area contributed by atoms with Gasteiger partial charge in [-0.15, -0.1) is 0 Å². The molecule has 1 aliphatic rings. The van der Waals surface area contributed by atoms with Crippen LogP contribution in [0.25, 0.3) is 0 Å². The van der Waals surface area contributed by atoms with Crippen molar-refractivity contribution in [3.63, 3.8) is 0 Å². The summed E-state index contributed by atoms with van der Waals surface area (Å²) in [4.78, 5) is 14.3. The zero-order valence-electron chi connectivity index (χ0n) is 12.5. The monoisotopic (exact) mass is 254 g/mol. The number of carbonyl (C=O) groups is 1. The second kappa shape index (κ2) is 7.78. The Balaban J connectivity index is 2.45. The Morgan fingerprint density at radius 3 is 2.56 bits per heavy atom. The Morgan fingerprint density at radius 2 is 2.00 bits per heavy atom. The van der Waals surface area contributed by atoms with Crippen molar-refractivity contribution in [1.82, 2.24) is 10.2 Å². The van der Waals surface area contributed by atoms with Crippen LogP contribution in [-0.4, -0.2) is 36.5 Å². The minimum Gasteiger partial charge on any atom is -0.342 e. The van der Waals surface area contributed by atoms with E-state index in [0.29, 0.717) is 5.91 Å². The number of nitrogens with zero attached hydrogens (tertiary/aromatic N) is 1. The predicted octanol–water partition coefficient (Wildman–Crippen LogP) is 2.66. The number of amides is 1.